The predicted octanol–water partition coefficient (Wildman–Crippen LogP) is 3.14. The van der Waals surface area contributed by atoms with Crippen molar-refractivity contribution < 1.29 is 19.4 Å². The fraction of sp³-hybridized carbons (Fsp3) is 0.167. The number of aromatic nitrogens is 2. The third-order valence-electron chi connectivity index (χ3n) is 3.91. The van der Waals surface area contributed by atoms with Gasteiger partial charge in [0.2, 0.25) is 0 Å². The molecule has 0 fully saturated rings. The minimum atomic E-state index is -1.46. The molecule has 0 aliphatic carbocycles. The number of rotatable bonds is 4. The van der Waals surface area contributed by atoms with Crippen molar-refractivity contribution in [1.82, 2.24) is 9.13 Å². The van der Waals surface area contributed by atoms with Crippen LogP contribution < -0.4 is 5.69 Å². The van der Waals surface area contributed by atoms with Crippen molar-refractivity contribution >= 4 is 34.7 Å². The van der Waals surface area contributed by atoms with Crippen LogP contribution in [0.1, 0.15) is 18.5 Å². The Morgan fingerprint density at radius 2 is 1.85 bits per heavy atom. The highest BCUT2D eigenvalue weighted by molar-refractivity contribution is 6.31. The molecule has 0 radical (unpaired) electrons. The smallest absolute Gasteiger partial charge is 0.420 e. The van der Waals surface area contributed by atoms with Crippen molar-refractivity contribution in [2.45, 2.75) is 13.0 Å². The molecule has 134 valence electrons. The number of benzene rings is 2. The topological polar surface area (TPSA) is 90.5 Å². The van der Waals surface area contributed by atoms with E-state index >= 15 is 0 Å². The number of hydrogen-bond acceptors (Lipinski definition) is 4. The largest absolute Gasteiger partial charge is 0.464 e. The summed E-state index contributed by atoms with van der Waals surface area (Å²) in [7, 11) is 0. The van der Waals surface area contributed by atoms with Gasteiger partial charge in [-0.05, 0) is 30.7 Å². The van der Waals surface area contributed by atoms with Crippen LogP contribution in [-0.4, -0.2) is 32.9 Å². The number of nitrogens with zero attached hydrogens (tertiary/aromatic N) is 2. The lowest BCUT2D eigenvalue weighted by Gasteiger charge is -2.17. The molecule has 3 aromatic rings. The van der Waals surface area contributed by atoms with E-state index in [1.165, 1.54) is 18.2 Å². The highest BCUT2D eigenvalue weighted by Gasteiger charge is 2.30. The van der Waals surface area contributed by atoms with Crippen LogP contribution in [0.4, 0.5) is 4.79 Å². The molecule has 1 unspecified atom stereocenters. The van der Waals surface area contributed by atoms with Crippen LogP contribution in [0.5, 0.6) is 0 Å². The van der Waals surface area contributed by atoms with Crippen molar-refractivity contribution in [3.8, 4) is 0 Å². The monoisotopic (exact) mass is 374 g/mol. The number of carbonyl (C=O) groups is 2. The van der Waals surface area contributed by atoms with Gasteiger partial charge in [-0.25, -0.2) is 14.4 Å². The number of ether oxygens (including phenoxy) is 1. The van der Waals surface area contributed by atoms with Crippen LogP contribution >= 0.6 is 11.6 Å². The Labute approximate surface area is 153 Å². The third kappa shape index (κ3) is 2.97. The first-order valence-electron chi connectivity index (χ1n) is 7.83. The van der Waals surface area contributed by atoms with E-state index in [2.05, 4.69) is 0 Å². The Bertz CT molecular complexity index is 1040. The zero-order valence-electron chi connectivity index (χ0n) is 13.8. The molecule has 0 amide bonds. The molecule has 1 N–H and O–H groups in total. The van der Waals surface area contributed by atoms with Gasteiger partial charge < -0.3 is 9.84 Å². The van der Waals surface area contributed by atoms with E-state index in [0.717, 1.165) is 4.57 Å². The Balaban J connectivity index is 2.36. The summed E-state index contributed by atoms with van der Waals surface area (Å²) >= 11 is 5.96. The van der Waals surface area contributed by atoms with Gasteiger partial charge in [0.25, 0.3) is 0 Å². The minimum Gasteiger partial charge on any atom is -0.464 e. The maximum atomic E-state index is 12.9. The number of carboxylic acid groups (broad SMARTS) is 1. The van der Waals surface area contributed by atoms with Crippen LogP contribution in [0.25, 0.3) is 11.0 Å². The third-order valence-corrected chi connectivity index (χ3v) is 4.15. The van der Waals surface area contributed by atoms with E-state index in [1.54, 1.807) is 37.3 Å². The van der Waals surface area contributed by atoms with Crippen LogP contribution in [0.2, 0.25) is 5.02 Å². The van der Waals surface area contributed by atoms with E-state index in [1.807, 2.05) is 0 Å². The number of esters is 1. The van der Waals surface area contributed by atoms with Gasteiger partial charge in [-0.15, -0.1) is 0 Å². The lowest BCUT2D eigenvalue weighted by Crippen LogP contribution is -2.34. The summed E-state index contributed by atoms with van der Waals surface area (Å²) in [6.45, 7) is 1.78. The summed E-state index contributed by atoms with van der Waals surface area (Å²) in [5.74, 6) is -0.653. The molecule has 0 bridgehead atoms. The molecule has 0 aliphatic heterocycles. The molecule has 1 atom stereocenters. The number of carbonyl (C=O) groups excluding carboxylic acids is 1. The second-order valence-electron chi connectivity index (χ2n) is 5.47. The van der Waals surface area contributed by atoms with Gasteiger partial charge in [0.15, 0.2) is 6.04 Å². The second kappa shape index (κ2) is 7.05. The fourth-order valence-corrected chi connectivity index (χ4v) is 3.04. The molecule has 26 heavy (non-hydrogen) atoms. The fourth-order valence-electron chi connectivity index (χ4n) is 2.87. The zero-order chi connectivity index (χ0) is 18.8. The van der Waals surface area contributed by atoms with Gasteiger partial charge in [-0.1, -0.05) is 41.9 Å². The van der Waals surface area contributed by atoms with Gasteiger partial charge in [0.05, 0.1) is 17.6 Å². The Hall–Kier alpha value is -3.06. The maximum absolute atomic E-state index is 12.9. The molecule has 2 aromatic carbocycles. The van der Waals surface area contributed by atoms with E-state index in [0.29, 0.717) is 10.1 Å². The number of halogens is 1. The molecule has 1 aromatic heterocycles. The standard InChI is InChI=1S/C18H15ClN2O5/c1-2-26-16(22)15(11-6-4-3-5-7-11)20-13-9-8-12(19)10-14(13)21(17(20)23)18(24)25/h3-10,15H,2H2,1H3,(H,24,25). The summed E-state index contributed by atoms with van der Waals surface area (Å²) in [5, 5.41) is 9.73. The van der Waals surface area contributed by atoms with Crippen LogP contribution in [0, 0.1) is 0 Å². The average molecular weight is 375 g/mol. The first-order valence-corrected chi connectivity index (χ1v) is 8.21. The predicted molar refractivity (Wildman–Crippen MR) is 95.8 cm³/mol. The van der Waals surface area contributed by atoms with Crippen LogP contribution in [0.15, 0.2) is 53.3 Å². The number of imidazole rings is 1. The molecule has 8 heteroatoms. The number of fused-ring (bicyclic) bond motifs is 1. The molecule has 3 rings (SSSR count). The number of hydrogen-bond donors (Lipinski definition) is 1. The molecule has 7 nitrogen and oxygen atoms in total. The van der Waals surface area contributed by atoms with Crippen molar-refractivity contribution in [2.24, 2.45) is 0 Å². The highest BCUT2D eigenvalue weighted by atomic mass is 35.5. The quantitative estimate of drug-likeness (QED) is 0.708. The van der Waals surface area contributed by atoms with Gasteiger partial charge in [-0.2, -0.15) is 4.57 Å². The molecular formula is C18H15ClN2O5. The SMILES string of the molecule is CCOC(=O)C(c1ccccc1)n1c(=O)n(C(=O)O)c2cc(Cl)ccc21. The van der Waals surface area contributed by atoms with Gasteiger partial charge >= 0.3 is 17.8 Å². The maximum Gasteiger partial charge on any atom is 0.420 e. The first kappa shape index (κ1) is 17.8. The lowest BCUT2D eigenvalue weighted by molar-refractivity contribution is -0.145. The van der Waals surface area contributed by atoms with Crippen LogP contribution in [-0.2, 0) is 9.53 Å². The summed E-state index contributed by atoms with van der Waals surface area (Å²) in [4.78, 5) is 37.1. The Morgan fingerprint density at radius 1 is 1.15 bits per heavy atom. The molecule has 0 saturated carbocycles. The summed E-state index contributed by atoms with van der Waals surface area (Å²) in [5.41, 5.74) is 0.00745. The summed E-state index contributed by atoms with van der Waals surface area (Å²) in [6, 6.07) is 11.9. The average Bonchev–Trinajstić information content (AvgIpc) is 2.88. The molecule has 1 heterocycles. The normalized spacial score (nSPS) is 12.1. The van der Waals surface area contributed by atoms with E-state index in [9.17, 15) is 19.5 Å². The second-order valence-corrected chi connectivity index (χ2v) is 5.91. The Kier molecular flexibility index (Phi) is 4.81. The van der Waals surface area contributed by atoms with E-state index in [-0.39, 0.29) is 22.7 Å². The molecule has 0 saturated heterocycles. The minimum absolute atomic E-state index is 0.0974. The molecule has 0 spiro atoms. The van der Waals surface area contributed by atoms with Gasteiger partial charge in [-0.3, -0.25) is 4.57 Å². The summed E-state index contributed by atoms with van der Waals surface area (Å²) < 4.78 is 6.81. The molecule has 0 aliphatic rings. The van der Waals surface area contributed by atoms with Crippen molar-refractivity contribution in [3.63, 3.8) is 0 Å². The van der Waals surface area contributed by atoms with Crippen molar-refractivity contribution in [3.05, 3.63) is 69.6 Å². The van der Waals surface area contributed by atoms with E-state index in [4.69, 9.17) is 16.3 Å². The van der Waals surface area contributed by atoms with Crippen molar-refractivity contribution in [2.75, 3.05) is 6.61 Å². The first-order chi connectivity index (χ1) is 12.5. The van der Waals surface area contributed by atoms with Crippen molar-refractivity contribution in [1.29, 1.82) is 0 Å². The van der Waals surface area contributed by atoms with Crippen LogP contribution in [0.3, 0.4) is 0 Å². The van der Waals surface area contributed by atoms with Gasteiger partial charge in [0.1, 0.15) is 0 Å². The van der Waals surface area contributed by atoms with E-state index < -0.39 is 23.8 Å². The highest BCUT2D eigenvalue weighted by Crippen LogP contribution is 2.26. The Morgan fingerprint density at radius 3 is 2.46 bits per heavy atom. The zero-order valence-corrected chi connectivity index (χ0v) is 14.5. The summed E-state index contributed by atoms with van der Waals surface area (Å²) in [6.07, 6.45) is -1.46. The molecular weight excluding hydrogens is 360 g/mol. The van der Waals surface area contributed by atoms with Gasteiger partial charge in [0, 0.05) is 5.02 Å². The lowest BCUT2D eigenvalue weighted by atomic mass is 10.1.